The van der Waals surface area contributed by atoms with Crippen LogP contribution in [-0.2, 0) is 10.8 Å². The lowest BCUT2D eigenvalue weighted by Gasteiger charge is -2.23. The maximum absolute atomic E-state index is 2.49. The van der Waals surface area contributed by atoms with Crippen LogP contribution in [0.2, 0.25) is 0 Å². The lowest BCUT2D eigenvalue weighted by Crippen LogP contribution is -2.14. The zero-order chi connectivity index (χ0) is 36.3. The highest BCUT2D eigenvalue weighted by Gasteiger charge is 2.37. The van der Waals surface area contributed by atoms with E-state index in [1.54, 1.807) is 0 Å². The summed E-state index contributed by atoms with van der Waals surface area (Å²) >= 11 is 0. The molecule has 0 fully saturated rings. The minimum Gasteiger partial charge on any atom is -0.0619 e. The van der Waals surface area contributed by atoms with E-state index in [0.717, 1.165) is 0 Å². The fourth-order valence-corrected chi connectivity index (χ4v) is 10.1. The quantitative estimate of drug-likeness (QED) is 0.162. The van der Waals surface area contributed by atoms with E-state index in [1.807, 2.05) is 0 Å². The first-order valence-corrected chi connectivity index (χ1v) is 19.3. The molecule has 54 heavy (non-hydrogen) atoms. The van der Waals surface area contributed by atoms with Crippen molar-refractivity contribution in [2.45, 2.75) is 38.5 Å². The van der Waals surface area contributed by atoms with Crippen molar-refractivity contribution in [1.82, 2.24) is 0 Å². The molecule has 0 nitrogen and oxygen atoms in total. The smallest absolute Gasteiger partial charge is 0.0159 e. The Bertz CT molecular complexity index is 3040. The van der Waals surface area contributed by atoms with Gasteiger partial charge in [-0.25, -0.2) is 0 Å². The van der Waals surface area contributed by atoms with E-state index in [2.05, 4.69) is 198 Å². The predicted octanol–water partition coefficient (Wildman–Crippen LogP) is 14.8. The molecular formula is C54H40. The molecule has 9 aromatic carbocycles. The highest BCUT2D eigenvalue weighted by atomic mass is 14.4. The fourth-order valence-electron chi connectivity index (χ4n) is 10.1. The standard InChI is InChI=1S/C54H40/c1-53(2)48-20-12-10-16-40(48)45-31-37(25-28-49(45)53)52-43-18-8-7-17-42(43)51(38-24-26-41-39-15-9-11-19-47(39)54(3,4)50(41)32-38)44-27-23-36(30-46(44)52)35-22-21-33-13-5-6-14-34(33)29-35/h5-32H,1-4H3. The SMILES string of the molecule is CC1(C)c2ccccc2-c2cc(-c3c4ccccc4c(-c4ccc5c(c4)C(C)(C)c4ccccc4-5)c4ccc(-c5ccc6ccccc6c5)cc34)ccc21. The van der Waals surface area contributed by atoms with Crippen LogP contribution in [-0.4, -0.2) is 0 Å². The monoisotopic (exact) mass is 688 g/mol. The summed E-state index contributed by atoms with van der Waals surface area (Å²) in [7, 11) is 0. The summed E-state index contributed by atoms with van der Waals surface area (Å²) in [6.45, 7) is 9.49. The second-order valence-corrected chi connectivity index (χ2v) is 16.5. The topological polar surface area (TPSA) is 0 Å². The summed E-state index contributed by atoms with van der Waals surface area (Å²) in [4.78, 5) is 0. The third kappa shape index (κ3) is 4.32. The van der Waals surface area contributed by atoms with E-state index in [4.69, 9.17) is 0 Å². The molecule has 9 aromatic rings. The van der Waals surface area contributed by atoms with Gasteiger partial charge in [-0.2, -0.15) is 0 Å². The number of fused-ring (bicyclic) bond motifs is 9. The van der Waals surface area contributed by atoms with Crippen LogP contribution in [0.4, 0.5) is 0 Å². The zero-order valence-corrected chi connectivity index (χ0v) is 31.2. The van der Waals surface area contributed by atoms with Crippen molar-refractivity contribution in [3.8, 4) is 55.6 Å². The van der Waals surface area contributed by atoms with Crippen LogP contribution in [0.5, 0.6) is 0 Å². The van der Waals surface area contributed by atoms with Gasteiger partial charge in [0.05, 0.1) is 0 Å². The Morgan fingerprint density at radius 3 is 1.52 bits per heavy atom. The molecule has 0 unspecified atom stereocenters. The predicted molar refractivity (Wildman–Crippen MR) is 230 cm³/mol. The van der Waals surface area contributed by atoms with Crippen molar-refractivity contribution in [3.05, 3.63) is 192 Å². The van der Waals surface area contributed by atoms with Crippen molar-refractivity contribution in [2.24, 2.45) is 0 Å². The highest BCUT2D eigenvalue weighted by molar-refractivity contribution is 6.22. The van der Waals surface area contributed by atoms with Gasteiger partial charge in [0.25, 0.3) is 0 Å². The Labute approximate surface area is 317 Å². The highest BCUT2D eigenvalue weighted by Crippen LogP contribution is 2.53. The molecule has 0 amide bonds. The van der Waals surface area contributed by atoms with Crippen molar-refractivity contribution in [1.29, 1.82) is 0 Å². The fraction of sp³-hybridized carbons (Fsp3) is 0.111. The second-order valence-electron chi connectivity index (χ2n) is 16.5. The lowest BCUT2D eigenvalue weighted by molar-refractivity contribution is 0.660. The molecule has 2 aliphatic rings. The average Bonchev–Trinajstić information content (AvgIpc) is 3.58. The molecule has 0 heteroatoms. The van der Waals surface area contributed by atoms with Crippen molar-refractivity contribution in [2.75, 3.05) is 0 Å². The number of rotatable bonds is 3. The maximum atomic E-state index is 2.49. The van der Waals surface area contributed by atoms with E-state index in [1.165, 1.54) is 110 Å². The Kier molecular flexibility index (Phi) is 6.46. The number of hydrogen-bond acceptors (Lipinski definition) is 0. The van der Waals surface area contributed by atoms with Crippen LogP contribution in [0.15, 0.2) is 170 Å². The molecule has 0 saturated heterocycles. The summed E-state index contributed by atoms with van der Waals surface area (Å²) in [5.74, 6) is 0. The number of benzene rings is 9. The van der Waals surface area contributed by atoms with Crippen LogP contribution in [0.25, 0.3) is 88.0 Å². The second kappa shape index (κ2) is 11.1. The van der Waals surface area contributed by atoms with E-state index in [-0.39, 0.29) is 10.8 Å². The van der Waals surface area contributed by atoms with E-state index >= 15 is 0 Å². The van der Waals surface area contributed by atoms with Crippen LogP contribution >= 0.6 is 0 Å². The van der Waals surface area contributed by atoms with Gasteiger partial charge in [0.15, 0.2) is 0 Å². The first-order chi connectivity index (χ1) is 26.3. The maximum Gasteiger partial charge on any atom is 0.0159 e. The molecule has 2 aliphatic carbocycles. The first-order valence-electron chi connectivity index (χ1n) is 19.3. The van der Waals surface area contributed by atoms with Gasteiger partial charge in [0.2, 0.25) is 0 Å². The van der Waals surface area contributed by atoms with E-state index < -0.39 is 0 Å². The summed E-state index contributed by atoms with van der Waals surface area (Å²) in [5, 5.41) is 7.65. The normalized spacial score (nSPS) is 14.6. The Hall–Kier alpha value is -6.24. The molecule has 0 saturated carbocycles. The molecule has 0 atom stereocenters. The minimum atomic E-state index is -0.0782. The molecular weight excluding hydrogens is 649 g/mol. The van der Waals surface area contributed by atoms with Gasteiger partial charge in [-0.15, -0.1) is 0 Å². The van der Waals surface area contributed by atoms with Crippen LogP contribution in [0.1, 0.15) is 49.9 Å². The molecule has 0 N–H and O–H groups in total. The minimum absolute atomic E-state index is 0.0390. The van der Waals surface area contributed by atoms with E-state index in [9.17, 15) is 0 Å². The molecule has 0 spiro atoms. The average molecular weight is 689 g/mol. The van der Waals surface area contributed by atoms with Crippen molar-refractivity contribution in [3.63, 3.8) is 0 Å². The number of hydrogen-bond donors (Lipinski definition) is 0. The van der Waals surface area contributed by atoms with Gasteiger partial charge in [0.1, 0.15) is 0 Å². The van der Waals surface area contributed by atoms with Gasteiger partial charge in [-0.3, -0.25) is 0 Å². The van der Waals surface area contributed by atoms with Crippen LogP contribution in [0.3, 0.4) is 0 Å². The summed E-state index contributed by atoms with van der Waals surface area (Å²) in [6.07, 6.45) is 0. The van der Waals surface area contributed by atoms with Crippen LogP contribution < -0.4 is 0 Å². The van der Waals surface area contributed by atoms with Crippen molar-refractivity contribution < 1.29 is 0 Å². The third-order valence-electron chi connectivity index (χ3n) is 12.9. The largest absolute Gasteiger partial charge is 0.0619 e. The zero-order valence-electron chi connectivity index (χ0n) is 31.2. The molecule has 11 rings (SSSR count). The molecule has 0 aromatic heterocycles. The molecule has 0 aliphatic heterocycles. The Morgan fingerprint density at radius 2 is 0.759 bits per heavy atom. The lowest BCUT2D eigenvalue weighted by atomic mass is 9.80. The van der Waals surface area contributed by atoms with Gasteiger partial charge in [-0.05, 0) is 134 Å². The summed E-state index contributed by atoms with van der Waals surface area (Å²) in [6, 6.07) is 64.2. The summed E-state index contributed by atoms with van der Waals surface area (Å²) in [5.41, 5.74) is 18.5. The first kappa shape index (κ1) is 31.3. The molecule has 0 radical (unpaired) electrons. The van der Waals surface area contributed by atoms with Gasteiger partial charge in [-0.1, -0.05) is 173 Å². The van der Waals surface area contributed by atoms with Gasteiger partial charge >= 0.3 is 0 Å². The summed E-state index contributed by atoms with van der Waals surface area (Å²) < 4.78 is 0. The molecule has 0 bridgehead atoms. The van der Waals surface area contributed by atoms with Crippen molar-refractivity contribution >= 4 is 32.3 Å². The van der Waals surface area contributed by atoms with E-state index in [0.29, 0.717) is 0 Å². The Morgan fingerprint density at radius 1 is 0.278 bits per heavy atom. The molecule has 256 valence electrons. The van der Waals surface area contributed by atoms with Gasteiger partial charge in [0, 0.05) is 10.8 Å². The van der Waals surface area contributed by atoms with Crippen LogP contribution in [0, 0.1) is 0 Å². The Balaban J connectivity index is 1.21. The van der Waals surface area contributed by atoms with Gasteiger partial charge < -0.3 is 0 Å². The molecule has 0 heterocycles. The third-order valence-corrected chi connectivity index (χ3v) is 12.9.